The fourth-order valence-electron chi connectivity index (χ4n) is 2.30. The molecule has 0 amide bonds. The van der Waals surface area contributed by atoms with Crippen molar-refractivity contribution < 1.29 is 4.92 Å². The Morgan fingerprint density at radius 2 is 2.22 bits per heavy atom. The van der Waals surface area contributed by atoms with Crippen LogP contribution in [0.4, 0.5) is 11.5 Å². The summed E-state index contributed by atoms with van der Waals surface area (Å²) in [4.78, 5) is 16.7. The lowest BCUT2D eigenvalue weighted by Crippen LogP contribution is -2.36. The first kappa shape index (κ1) is 12.8. The lowest BCUT2D eigenvalue weighted by atomic mass is 9.97. The number of aromatic nitrogens is 1. The van der Waals surface area contributed by atoms with E-state index < -0.39 is 4.92 Å². The maximum absolute atomic E-state index is 10.7. The van der Waals surface area contributed by atoms with Crippen molar-refractivity contribution in [3.8, 4) is 0 Å². The second-order valence-electron chi connectivity index (χ2n) is 4.75. The van der Waals surface area contributed by atoms with Crippen molar-refractivity contribution >= 4 is 11.5 Å². The molecule has 2 N–H and O–H groups in total. The van der Waals surface area contributed by atoms with Crippen LogP contribution < -0.4 is 10.6 Å². The molecule has 0 aliphatic carbocycles. The summed E-state index contributed by atoms with van der Waals surface area (Å²) < 4.78 is 0. The van der Waals surface area contributed by atoms with Gasteiger partial charge in [0.2, 0.25) is 0 Å². The molecule has 0 aromatic carbocycles. The second-order valence-corrected chi connectivity index (χ2v) is 4.75. The highest BCUT2D eigenvalue weighted by molar-refractivity contribution is 5.48. The maximum Gasteiger partial charge on any atom is 0.290 e. The first-order chi connectivity index (χ1) is 8.61. The van der Waals surface area contributed by atoms with Gasteiger partial charge in [-0.2, -0.15) is 0 Å². The molecule has 18 heavy (non-hydrogen) atoms. The van der Waals surface area contributed by atoms with Crippen LogP contribution in [-0.4, -0.2) is 29.5 Å². The molecular weight excluding hydrogens is 232 g/mol. The van der Waals surface area contributed by atoms with Gasteiger partial charge in [0.05, 0.1) is 4.92 Å². The lowest BCUT2D eigenvalue weighted by Gasteiger charge is -2.32. The standard InChI is InChI=1S/C12H18N4O2/c1-9-6-12(14-8-11(9)16(17)18)15-4-2-10(7-13)3-5-15/h6,8,10H,2-5,7,13H2,1H3. The molecule has 2 heterocycles. The molecule has 0 radical (unpaired) electrons. The highest BCUT2D eigenvalue weighted by Gasteiger charge is 2.20. The summed E-state index contributed by atoms with van der Waals surface area (Å²) in [6.45, 7) is 4.33. The van der Waals surface area contributed by atoms with Gasteiger partial charge in [-0.05, 0) is 38.3 Å². The quantitative estimate of drug-likeness (QED) is 0.648. The van der Waals surface area contributed by atoms with Crippen molar-refractivity contribution in [1.82, 2.24) is 4.98 Å². The Balaban J connectivity index is 2.11. The van der Waals surface area contributed by atoms with E-state index in [9.17, 15) is 10.1 Å². The van der Waals surface area contributed by atoms with Gasteiger partial charge in [0.15, 0.2) is 0 Å². The van der Waals surface area contributed by atoms with Crippen molar-refractivity contribution in [1.29, 1.82) is 0 Å². The SMILES string of the molecule is Cc1cc(N2CCC(CN)CC2)ncc1[N+](=O)[O-]. The molecule has 1 aromatic heterocycles. The second kappa shape index (κ2) is 5.30. The van der Waals surface area contributed by atoms with E-state index >= 15 is 0 Å². The fraction of sp³-hybridized carbons (Fsp3) is 0.583. The highest BCUT2D eigenvalue weighted by Crippen LogP contribution is 2.25. The number of rotatable bonds is 3. The number of aryl methyl sites for hydroxylation is 1. The smallest absolute Gasteiger partial charge is 0.290 e. The molecule has 1 aliphatic rings. The third kappa shape index (κ3) is 2.59. The van der Waals surface area contributed by atoms with Crippen LogP contribution in [-0.2, 0) is 0 Å². The van der Waals surface area contributed by atoms with Crippen molar-refractivity contribution in [2.75, 3.05) is 24.5 Å². The summed E-state index contributed by atoms with van der Waals surface area (Å²) in [5.74, 6) is 1.42. The maximum atomic E-state index is 10.7. The van der Waals surface area contributed by atoms with Crippen LogP contribution in [0.2, 0.25) is 0 Å². The van der Waals surface area contributed by atoms with Crippen LogP contribution in [0.3, 0.4) is 0 Å². The Hall–Kier alpha value is -1.69. The van der Waals surface area contributed by atoms with Gasteiger partial charge in [0, 0.05) is 18.7 Å². The summed E-state index contributed by atoms with van der Waals surface area (Å²) >= 11 is 0. The summed E-state index contributed by atoms with van der Waals surface area (Å²) in [7, 11) is 0. The summed E-state index contributed by atoms with van der Waals surface area (Å²) in [6.07, 6.45) is 3.47. The van der Waals surface area contributed by atoms with Crippen molar-refractivity contribution in [2.24, 2.45) is 11.7 Å². The molecule has 6 heteroatoms. The Bertz CT molecular complexity index is 442. The van der Waals surface area contributed by atoms with Gasteiger partial charge in [0.1, 0.15) is 12.0 Å². The molecule has 0 saturated carbocycles. The molecule has 2 rings (SSSR count). The predicted molar refractivity (Wildman–Crippen MR) is 69.6 cm³/mol. The zero-order valence-corrected chi connectivity index (χ0v) is 10.5. The fourth-order valence-corrected chi connectivity index (χ4v) is 2.30. The number of pyridine rings is 1. The number of nitrogens with two attached hydrogens (primary N) is 1. The van der Waals surface area contributed by atoms with Crippen LogP contribution in [0.1, 0.15) is 18.4 Å². The van der Waals surface area contributed by atoms with E-state index in [1.54, 1.807) is 13.0 Å². The Kier molecular flexibility index (Phi) is 3.76. The van der Waals surface area contributed by atoms with Crippen molar-refractivity contribution in [3.63, 3.8) is 0 Å². The van der Waals surface area contributed by atoms with E-state index in [-0.39, 0.29) is 5.69 Å². The summed E-state index contributed by atoms with van der Waals surface area (Å²) in [6, 6.07) is 1.79. The minimum atomic E-state index is -0.396. The third-order valence-corrected chi connectivity index (χ3v) is 3.54. The number of nitro groups is 1. The Morgan fingerprint density at radius 1 is 1.56 bits per heavy atom. The van der Waals surface area contributed by atoms with Crippen LogP contribution in [0.15, 0.2) is 12.3 Å². The number of piperidine rings is 1. The molecule has 0 bridgehead atoms. The molecule has 0 atom stereocenters. The van der Waals surface area contributed by atoms with Crippen LogP contribution in [0.25, 0.3) is 0 Å². The molecular formula is C12H18N4O2. The molecule has 1 saturated heterocycles. The molecule has 98 valence electrons. The monoisotopic (exact) mass is 250 g/mol. The number of hydrogen-bond donors (Lipinski definition) is 1. The van der Waals surface area contributed by atoms with Gasteiger partial charge in [0.25, 0.3) is 5.69 Å². The van der Waals surface area contributed by atoms with Gasteiger partial charge < -0.3 is 10.6 Å². The topological polar surface area (TPSA) is 85.3 Å². The van der Waals surface area contributed by atoms with Crippen LogP contribution in [0.5, 0.6) is 0 Å². The number of nitrogens with zero attached hydrogens (tertiary/aromatic N) is 3. The average molecular weight is 250 g/mol. The number of hydrogen-bond acceptors (Lipinski definition) is 5. The minimum Gasteiger partial charge on any atom is -0.357 e. The predicted octanol–water partition coefficient (Wildman–Crippen LogP) is 1.47. The first-order valence-electron chi connectivity index (χ1n) is 6.18. The van der Waals surface area contributed by atoms with Crippen LogP contribution in [0, 0.1) is 23.0 Å². The normalized spacial score (nSPS) is 16.9. The summed E-state index contributed by atoms with van der Waals surface area (Å²) in [5, 5.41) is 10.7. The molecule has 6 nitrogen and oxygen atoms in total. The molecule has 0 spiro atoms. The van der Waals surface area contributed by atoms with Crippen molar-refractivity contribution in [3.05, 3.63) is 27.9 Å². The molecule has 1 fully saturated rings. The number of anilines is 1. The minimum absolute atomic E-state index is 0.0793. The van der Waals surface area contributed by atoms with E-state index in [2.05, 4.69) is 9.88 Å². The zero-order chi connectivity index (χ0) is 13.1. The Labute approximate surface area is 106 Å². The summed E-state index contributed by atoms with van der Waals surface area (Å²) in [5.41, 5.74) is 6.39. The molecule has 0 unspecified atom stereocenters. The lowest BCUT2D eigenvalue weighted by molar-refractivity contribution is -0.385. The Morgan fingerprint density at radius 3 is 2.72 bits per heavy atom. The highest BCUT2D eigenvalue weighted by atomic mass is 16.6. The molecule has 1 aliphatic heterocycles. The zero-order valence-electron chi connectivity index (χ0n) is 10.5. The van der Waals surface area contributed by atoms with Crippen LogP contribution >= 0.6 is 0 Å². The third-order valence-electron chi connectivity index (χ3n) is 3.54. The largest absolute Gasteiger partial charge is 0.357 e. The first-order valence-corrected chi connectivity index (χ1v) is 6.18. The van der Waals surface area contributed by atoms with Crippen molar-refractivity contribution in [2.45, 2.75) is 19.8 Å². The van der Waals surface area contributed by atoms with E-state index in [1.807, 2.05) is 0 Å². The van der Waals surface area contributed by atoms with Gasteiger partial charge in [-0.3, -0.25) is 10.1 Å². The molecule has 1 aromatic rings. The van der Waals surface area contributed by atoms with E-state index in [0.29, 0.717) is 11.5 Å². The van der Waals surface area contributed by atoms with Gasteiger partial charge in [-0.25, -0.2) is 4.98 Å². The van der Waals surface area contributed by atoms with Gasteiger partial charge in [-0.1, -0.05) is 0 Å². The van der Waals surface area contributed by atoms with Gasteiger partial charge in [-0.15, -0.1) is 0 Å². The average Bonchev–Trinajstić information content (AvgIpc) is 2.38. The van der Waals surface area contributed by atoms with Gasteiger partial charge >= 0.3 is 0 Å². The van der Waals surface area contributed by atoms with E-state index in [4.69, 9.17) is 5.73 Å². The van der Waals surface area contributed by atoms with E-state index in [0.717, 1.165) is 38.3 Å². The van der Waals surface area contributed by atoms with E-state index in [1.165, 1.54) is 6.20 Å².